The molecule has 0 spiro atoms. The van der Waals surface area contributed by atoms with Gasteiger partial charge >= 0.3 is 0 Å². The van der Waals surface area contributed by atoms with Crippen molar-refractivity contribution in [1.29, 1.82) is 0 Å². The number of guanidine groups is 1. The second kappa shape index (κ2) is 14.0. The summed E-state index contributed by atoms with van der Waals surface area (Å²) in [6.07, 6.45) is 4.37. The highest BCUT2D eigenvalue weighted by atomic mass is 127. The third-order valence-corrected chi connectivity index (χ3v) is 5.89. The first-order chi connectivity index (χ1) is 13.0. The van der Waals surface area contributed by atoms with Crippen LogP contribution in [0.4, 0.5) is 0 Å². The van der Waals surface area contributed by atoms with E-state index in [0.717, 1.165) is 51.6 Å². The molecule has 1 aliphatic heterocycles. The summed E-state index contributed by atoms with van der Waals surface area (Å²) in [5.74, 6) is 1.04. The Kier molecular flexibility index (Phi) is 14.0. The van der Waals surface area contributed by atoms with E-state index in [4.69, 9.17) is 9.73 Å². The standard InChI is InChI=1S/C20H42N4O3S.HI/c1-7-21-19(22-16-20(4,5)10-15-28(6,25)26)23-18-8-11-24(12-9-18)13-14-27-17(2)3;/h17-18H,7-16H2,1-6H3,(H2,21,22,23);1H. The lowest BCUT2D eigenvalue weighted by atomic mass is 9.90. The monoisotopic (exact) mass is 546 g/mol. The van der Waals surface area contributed by atoms with Crippen LogP contribution in [0.3, 0.4) is 0 Å². The molecule has 7 nitrogen and oxygen atoms in total. The van der Waals surface area contributed by atoms with Gasteiger partial charge in [0.1, 0.15) is 9.84 Å². The molecule has 0 aromatic rings. The molecular formula is C20H43IN4O3S. The fourth-order valence-corrected chi connectivity index (χ4v) is 3.99. The summed E-state index contributed by atoms with van der Waals surface area (Å²) < 4.78 is 28.5. The van der Waals surface area contributed by atoms with E-state index in [0.29, 0.717) is 25.1 Å². The van der Waals surface area contributed by atoms with Crippen LogP contribution in [0.1, 0.15) is 53.9 Å². The van der Waals surface area contributed by atoms with Gasteiger partial charge in [-0.1, -0.05) is 13.8 Å². The molecule has 0 amide bonds. The van der Waals surface area contributed by atoms with Crippen molar-refractivity contribution in [3.8, 4) is 0 Å². The van der Waals surface area contributed by atoms with E-state index in [2.05, 4.69) is 50.2 Å². The van der Waals surface area contributed by atoms with Crippen LogP contribution in [0.2, 0.25) is 0 Å². The molecule has 0 aromatic carbocycles. The molecule has 9 heteroatoms. The third-order valence-electron chi connectivity index (χ3n) is 4.95. The lowest BCUT2D eigenvalue weighted by molar-refractivity contribution is 0.0532. The van der Waals surface area contributed by atoms with Crippen molar-refractivity contribution in [3.05, 3.63) is 0 Å². The lowest BCUT2D eigenvalue weighted by Gasteiger charge is -2.33. The summed E-state index contributed by atoms with van der Waals surface area (Å²) in [5, 5.41) is 6.88. The van der Waals surface area contributed by atoms with Crippen LogP contribution < -0.4 is 10.6 Å². The highest BCUT2D eigenvalue weighted by Crippen LogP contribution is 2.21. The van der Waals surface area contributed by atoms with Gasteiger partial charge < -0.3 is 20.3 Å². The molecule has 1 rings (SSSR count). The number of halogens is 1. The highest BCUT2D eigenvalue weighted by molar-refractivity contribution is 14.0. The predicted molar refractivity (Wildman–Crippen MR) is 133 cm³/mol. The Labute approximate surface area is 195 Å². The number of nitrogens with zero attached hydrogens (tertiary/aromatic N) is 2. The minimum absolute atomic E-state index is 0. The summed E-state index contributed by atoms with van der Waals surface area (Å²) in [6, 6.07) is 0.416. The Morgan fingerprint density at radius 1 is 1.28 bits per heavy atom. The third kappa shape index (κ3) is 14.5. The molecule has 174 valence electrons. The molecule has 0 saturated carbocycles. The second-order valence-electron chi connectivity index (χ2n) is 8.92. The summed E-state index contributed by atoms with van der Waals surface area (Å²) >= 11 is 0. The topological polar surface area (TPSA) is 83.0 Å². The van der Waals surface area contributed by atoms with Gasteiger partial charge in [-0.05, 0) is 45.4 Å². The maximum absolute atomic E-state index is 11.4. The molecule has 1 fully saturated rings. The van der Waals surface area contributed by atoms with Crippen molar-refractivity contribution >= 4 is 39.8 Å². The van der Waals surface area contributed by atoms with E-state index >= 15 is 0 Å². The second-order valence-corrected chi connectivity index (χ2v) is 11.2. The SMILES string of the molecule is CCNC(=NCC(C)(C)CCS(C)(=O)=O)NC1CCN(CCOC(C)C)CC1.I. The van der Waals surface area contributed by atoms with Crippen molar-refractivity contribution in [2.45, 2.75) is 66.0 Å². The zero-order valence-electron chi connectivity index (χ0n) is 19.2. The van der Waals surface area contributed by atoms with Gasteiger partial charge in [-0.25, -0.2) is 8.42 Å². The van der Waals surface area contributed by atoms with E-state index in [1.165, 1.54) is 6.26 Å². The van der Waals surface area contributed by atoms with E-state index in [1.807, 2.05) is 0 Å². The van der Waals surface area contributed by atoms with Crippen molar-refractivity contribution in [2.24, 2.45) is 10.4 Å². The first-order valence-electron chi connectivity index (χ1n) is 10.6. The van der Waals surface area contributed by atoms with Gasteiger partial charge in [-0.15, -0.1) is 24.0 Å². The van der Waals surface area contributed by atoms with Gasteiger partial charge in [0.15, 0.2) is 5.96 Å². The van der Waals surface area contributed by atoms with Crippen molar-refractivity contribution in [1.82, 2.24) is 15.5 Å². The van der Waals surface area contributed by atoms with Crippen LogP contribution >= 0.6 is 24.0 Å². The Morgan fingerprint density at radius 3 is 2.41 bits per heavy atom. The number of nitrogens with one attached hydrogen (secondary N) is 2. The predicted octanol–water partition coefficient (Wildman–Crippen LogP) is 2.51. The van der Waals surface area contributed by atoms with Gasteiger partial charge in [-0.3, -0.25) is 4.99 Å². The zero-order valence-corrected chi connectivity index (χ0v) is 22.3. The fourth-order valence-electron chi connectivity index (χ4n) is 3.07. The minimum Gasteiger partial charge on any atom is -0.377 e. The maximum atomic E-state index is 11.4. The van der Waals surface area contributed by atoms with Crippen LogP contribution in [0, 0.1) is 5.41 Å². The van der Waals surface area contributed by atoms with Crippen molar-refractivity contribution in [3.63, 3.8) is 0 Å². The van der Waals surface area contributed by atoms with Crippen LogP contribution in [0.5, 0.6) is 0 Å². The molecule has 1 saturated heterocycles. The summed E-state index contributed by atoms with van der Waals surface area (Å²) in [5.41, 5.74) is -0.148. The summed E-state index contributed by atoms with van der Waals surface area (Å²) in [6.45, 7) is 15.7. The molecule has 0 atom stereocenters. The van der Waals surface area contributed by atoms with E-state index in [9.17, 15) is 8.42 Å². The molecule has 0 aliphatic carbocycles. The van der Waals surface area contributed by atoms with Gasteiger partial charge in [0.2, 0.25) is 0 Å². The van der Waals surface area contributed by atoms with Crippen LogP contribution in [0.15, 0.2) is 4.99 Å². The smallest absolute Gasteiger partial charge is 0.191 e. The summed E-state index contributed by atoms with van der Waals surface area (Å²) in [4.78, 5) is 7.19. The van der Waals surface area contributed by atoms with Crippen LogP contribution in [-0.2, 0) is 14.6 Å². The average molecular weight is 547 g/mol. The first-order valence-corrected chi connectivity index (χ1v) is 12.6. The Bertz CT molecular complexity index is 574. The lowest BCUT2D eigenvalue weighted by Crippen LogP contribution is -2.49. The molecule has 0 unspecified atom stereocenters. The molecule has 0 radical (unpaired) electrons. The van der Waals surface area contributed by atoms with E-state index in [-0.39, 0.29) is 35.1 Å². The molecule has 29 heavy (non-hydrogen) atoms. The number of rotatable bonds is 11. The van der Waals surface area contributed by atoms with Crippen LogP contribution in [-0.4, -0.2) is 82.8 Å². The molecule has 1 aliphatic rings. The Hall–Kier alpha value is -0.130. The maximum Gasteiger partial charge on any atom is 0.191 e. The normalized spacial score (nSPS) is 17.3. The van der Waals surface area contributed by atoms with Gasteiger partial charge in [0.25, 0.3) is 0 Å². The van der Waals surface area contributed by atoms with Crippen molar-refractivity contribution < 1.29 is 13.2 Å². The number of hydrogen-bond acceptors (Lipinski definition) is 5. The molecule has 1 heterocycles. The molecule has 0 bridgehead atoms. The minimum atomic E-state index is -2.94. The van der Waals surface area contributed by atoms with Gasteiger partial charge in [0, 0.05) is 45.0 Å². The molecule has 2 N–H and O–H groups in total. The summed E-state index contributed by atoms with van der Waals surface area (Å²) in [7, 11) is -2.94. The average Bonchev–Trinajstić information content (AvgIpc) is 2.59. The Balaban J connectivity index is 0.00000784. The van der Waals surface area contributed by atoms with Gasteiger partial charge in [-0.2, -0.15) is 0 Å². The molecule has 0 aromatic heterocycles. The number of hydrogen-bond donors (Lipinski definition) is 2. The van der Waals surface area contributed by atoms with Crippen molar-refractivity contribution in [2.75, 3.05) is 51.3 Å². The van der Waals surface area contributed by atoms with Crippen LogP contribution in [0.25, 0.3) is 0 Å². The number of aliphatic imine (C=N–C) groups is 1. The number of piperidine rings is 1. The van der Waals surface area contributed by atoms with E-state index < -0.39 is 9.84 Å². The number of sulfone groups is 1. The first kappa shape index (κ1) is 28.9. The number of likely N-dealkylation sites (tertiary alicyclic amines) is 1. The largest absolute Gasteiger partial charge is 0.377 e. The van der Waals surface area contributed by atoms with E-state index in [1.54, 1.807) is 0 Å². The zero-order chi connectivity index (χ0) is 21.2. The quantitative estimate of drug-likeness (QED) is 0.236. The highest BCUT2D eigenvalue weighted by Gasteiger charge is 2.22. The molecular weight excluding hydrogens is 503 g/mol. The fraction of sp³-hybridized carbons (Fsp3) is 0.950. The van der Waals surface area contributed by atoms with Gasteiger partial charge in [0.05, 0.1) is 18.5 Å². The Morgan fingerprint density at radius 2 is 1.90 bits per heavy atom. The number of ether oxygens (including phenoxy) is 1.